The minimum atomic E-state index is -0.414. The molecule has 2 aromatic rings. The van der Waals surface area contributed by atoms with E-state index in [0.717, 1.165) is 15.6 Å². The molecule has 0 spiro atoms. The van der Waals surface area contributed by atoms with E-state index >= 15 is 0 Å². The number of carbonyl (C=O) groups is 1. The summed E-state index contributed by atoms with van der Waals surface area (Å²) in [7, 11) is 0. The molecular weight excluding hydrogens is 320 g/mol. The van der Waals surface area contributed by atoms with Crippen molar-refractivity contribution in [2.24, 2.45) is 5.73 Å². The van der Waals surface area contributed by atoms with E-state index in [9.17, 15) is 4.79 Å². The summed E-state index contributed by atoms with van der Waals surface area (Å²) in [6, 6.07) is 11.0. The van der Waals surface area contributed by atoms with Crippen LogP contribution in [0.5, 0.6) is 0 Å². The number of esters is 1. The van der Waals surface area contributed by atoms with E-state index < -0.39 is 6.04 Å². The predicted octanol–water partition coefficient (Wildman–Crippen LogP) is 2.98. The molecule has 0 amide bonds. The molecule has 1 unspecified atom stereocenters. The number of hydrogen-bond acceptors (Lipinski definition) is 4. The van der Waals surface area contributed by atoms with E-state index in [2.05, 4.69) is 20.9 Å². The molecule has 0 saturated heterocycles. The third-order valence-electron chi connectivity index (χ3n) is 2.78. The van der Waals surface area contributed by atoms with Crippen molar-refractivity contribution in [3.8, 4) is 0 Å². The van der Waals surface area contributed by atoms with Crippen LogP contribution < -0.4 is 5.73 Å². The molecule has 0 saturated carbocycles. The van der Waals surface area contributed by atoms with Gasteiger partial charge in [0.25, 0.3) is 0 Å². The van der Waals surface area contributed by atoms with Crippen LogP contribution in [-0.2, 0) is 16.1 Å². The molecule has 2 N–H and O–H groups in total. The highest BCUT2D eigenvalue weighted by Crippen LogP contribution is 2.18. The molecule has 1 atom stereocenters. The maximum atomic E-state index is 11.8. The number of carbonyl (C=O) groups excluding carboxylic acids is 1. The molecular formula is C15H15BrN2O2. The first-order chi connectivity index (χ1) is 9.65. The summed E-state index contributed by atoms with van der Waals surface area (Å²) in [6.07, 6.45) is 3.45. The fourth-order valence-corrected chi connectivity index (χ4v) is 2.11. The predicted molar refractivity (Wildman–Crippen MR) is 79.7 cm³/mol. The Hall–Kier alpha value is -1.72. The number of benzene rings is 1. The Bertz CT molecular complexity index is 575. The first-order valence-corrected chi connectivity index (χ1v) is 7.00. The topological polar surface area (TPSA) is 65.2 Å². The smallest absolute Gasteiger partial charge is 0.308 e. The number of pyridine rings is 1. The highest BCUT2D eigenvalue weighted by molar-refractivity contribution is 9.10. The van der Waals surface area contributed by atoms with E-state index in [1.807, 2.05) is 36.4 Å². The molecule has 0 radical (unpaired) electrons. The van der Waals surface area contributed by atoms with E-state index in [4.69, 9.17) is 10.5 Å². The van der Waals surface area contributed by atoms with Crippen molar-refractivity contribution in [2.45, 2.75) is 19.1 Å². The average molecular weight is 335 g/mol. The highest BCUT2D eigenvalue weighted by atomic mass is 79.9. The molecule has 0 bridgehead atoms. The van der Waals surface area contributed by atoms with Crippen molar-refractivity contribution in [3.63, 3.8) is 0 Å². The summed E-state index contributed by atoms with van der Waals surface area (Å²) in [6.45, 7) is 0.267. The van der Waals surface area contributed by atoms with Gasteiger partial charge >= 0.3 is 5.97 Å². The normalized spacial score (nSPS) is 11.9. The van der Waals surface area contributed by atoms with Gasteiger partial charge in [-0.3, -0.25) is 9.78 Å². The Morgan fingerprint density at radius 1 is 1.30 bits per heavy atom. The number of halogens is 1. The van der Waals surface area contributed by atoms with Crippen LogP contribution in [0.25, 0.3) is 0 Å². The zero-order valence-electron chi connectivity index (χ0n) is 10.8. The van der Waals surface area contributed by atoms with Gasteiger partial charge in [-0.05, 0) is 33.1 Å². The minimum Gasteiger partial charge on any atom is -0.461 e. The lowest BCUT2D eigenvalue weighted by molar-refractivity contribution is -0.145. The molecule has 0 aliphatic heterocycles. The van der Waals surface area contributed by atoms with Crippen LogP contribution in [0.2, 0.25) is 0 Å². The number of nitrogens with zero attached hydrogens (tertiary/aromatic N) is 1. The fourth-order valence-electron chi connectivity index (χ4n) is 1.73. The maximum absolute atomic E-state index is 11.8. The van der Waals surface area contributed by atoms with Crippen LogP contribution >= 0.6 is 15.9 Å². The zero-order chi connectivity index (χ0) is 14.4. The molecule has 1 heterocycles. The van der Waals surface area contributed by atoms with Crippen LogP contribution in [-0.4, -0.2) is 11.0 Å². The summed E-state index contributed by atoms with van der Waals surface area (Å²) in [5.41, 5.74) is 7.73. The third-order valence-corrected chi connectivity index (χ3v) is 3.22. The van der Waals surface area contributed by atoms with Crippen molar-refractivity contribution in [2.75, 3.05) is 0 Å². The molecule has 0 fully saturated rings. The maximum Gasteiger partial charge on any atom is 0.308 e. The summed E-state index contributed by atoms with van der Waals surface area (Å²) in [5.74, 6) is -0.318. The Morgan fingerprint density at radius 3 is 2.75 bits per heavy atom. The van der Waals surface area contributed by atoms with Crippen LogP contribution in [0.1, 0.15) is 23.6 Å². The van der Waals surface area contributed by atoms with E-state index in [-0.39, 0.29) is 19.0 Å². The van der Waals surface area contributed by atoms with Crippen molar-refractivity contribution in [1.82, 2.24) is 4.98 Å². The molecule has 104 valence electrons. The molecule has 4 nitrogen and oxygen atoms in total. The summed E-state index contributed by atoms with van der Waals surface area (Å²) in [4.78, 5) is 15.8. The highest BCUT2D eigenvalue weighted by Gasteiger charge is 2.13. The van der Waals surface area contributed by atoms with Gasteiger partial charge in [0.15, 0.2) is 0 Å². The molecule has 1 aromatic carbocycles. The molecule has 0 aliphatic carbocycles. The van der Waals surface area contributed by atoms with Crippen molar-refractivity contribution < 1.29 is 9.53 Å². The molecule has 0 aliphatic rings. The van der Waals surface area contributed by atoms with E-state index in [1.54, 1.807) is 12.4 Å². The Labute approximate surface area is 126 Å². The van der Waals surface area contributed by atoms with Gasteiger partial charge in [0.1, 0.15) is 6.61 Å². The van der Waals surface area contributed by atoms with Gasteiger partial charge in [0.2, 0.25) is 0 Å². The van der Waals surface area contributed by atoms with Crippen LogP contribution in [0, 0.1) is 0 Å². The molecule has 5 heteroatoms. The Kier molecular flexibility index (Phi) is 5.26. The summed E-state index contributed by atoms with van der Waals surface area (Å²) >= 11 is 3.32. The van der Waals surface area contributed by atoms with Crippen molar-refractivity contribution in [3.05, 3.63) is 64.4 Å². The van der Waals surface area contributed by atoms with Crippen LogP contribution in [0.3, 0.4) is 0 Å². The molecule has 20 heavy (non-hydrogen) atoms. The summed E-state index contributed by atoms with van der Waals surface area (Å²) in [5, 5.41) is 0. The second-order valence-electron chi connectivity index (χ2n) is 4.39. The second-order valence-corrected chi connectivity index (χ2v) is 5.31. The van der Waals surface area contributed by atoms with Gasteiger partial charge in [-0.25, -0.2) is 0 Å². The number of aromatic nitrogens is 1. The minimum absolute atomic E-state index is 0.130. The average Bonchev–Trinajstić information content (AvgIpc) is 2.46. The van der Waals surface area contributed by atoms with Crippen LogP contribution in [0.4, 0.5) is 0 Å². The lowest BCUT2D eigenvalue weighted by Gasteiger charge is -2.11. The third kappa shape index (κ3) is 4.43. The zero-order valence-corrected chi connectivity index (χ0v) is 12.4. The lowest BCUT2D eigenvalue weighted by Crippen LogP contribution is -2.17. The first-order valence-electron chi connectivity index (χ1n) is 6.21. The monoisotopic (exact) mass is 334 g/mol. The summed E-state index contributed by atoms with van der Waals surface area (Å²) < 4.78 is 6.04. The Morgan fingerprint density at radius 2 is 2.05 bits per heavy atom. The number of ether oxygens (including phenoxy) is 1. The standard InChI is InChI=1S/C15H15BrN2O2/c16-13-6-12(8-18-9-13)14(17)7-15(19)20-10-11-4-2-1-3-5-11/h1-6,8-9,14H,7,10,17H2. The van der Waals surface area contributed by atoms with E-state index in [1.165, 1.54) is 0 Å². The van der Waals surface area contributed by atoms with E-state index in [0.29, 0.717) is 0 Å². The largest absolute Gasteiger partial charge is 0.461 e. The second kappa shape index (κ2) is 7.17. The van der Waals surface area contributed by atoms with Gasteiger partial charge in [0.05, 0.1) is 6.42 Å². The quantitative estimate of drug-likeness (QED) is 0.853. The molecule has 1 aromatic heterocycles. The van der Waals surface area contributed by atoms with Crippen LogP contribution in [0.15, 0.2) is 53.3 Å². The van der Waals surface area contributed by atoms with Gasteiger partial charge in [0, 0.05) is 22.9 Å². The number of rotatable bonds is 5. The molecule has 2 rings (SSSR count). The van der Waals surface area contributed by atoms with Gasteiger partial charge < -0.3 is 10.5 Å². The fraction of sp³-hybridized carbons (Fsp3) is 0.200. The SMILES string of the molecule is NC(CC(=O)OCc1ccccc1)c1cncc(Br)c1. The van der Waals surface area contributed by atoms with Gasteiger partial charge in [-0.15, -0.1) is 0 Å². The number of hydrogen-bond donors (Lipinski definition) is 1. The number of nitrogens with two attached hydrogens (primary N) is 1. The van der Waals surface area contributed by atoms with Gasteiger partial charge in [-0.2, -0.15) is 0 Å². The van der Waals surface area contributed by atoms with Crippen molar-refractivity contribution >= 4 is 21.9 Å². The van der Waals surface area contributed by atoms with Crippen molar-refractivity contribution in [1.29, 1.82) is 0 Å². The first kappa shape index (κ1) is 14.7. The Balaban J connectivity index is 1.85. The lowest BCUT2D eigenvalue weighted by atomic mass is 10.1. The van der Waals surface area contributed by atoms with Gasteiger partial charge in [-0.1, -0.05) is 30.3 Å².